The van der Waals surface area contributed by atoms with Crippen molar-refractivity contribution in [3.8, 4) is 5.75 Å². The Hall–Kier alpha value is -2.61. The Morgan fingerprint density at radius 3 is 2.67 bits per heavy atom. The summed E-state index contributed by atoms with van der Waals surface area (Å²) >= 11 is 6.21. The second-order valence-corrected chi connectivity index (χ2v) is 7.93. The molecule has 2 aromatic rings. The van der Waals surface area contributed by atoms with Crippen molar-refractivity contribution in [2.75, 3.05) is 19.8 Å². The molecule has 7 nitrogen and oxygen atoms in total. The van der Waals surface area contributed by atoms with E-state index in [4.69, 9.17) is 26.3 Å². The van der Waals surface area contributed by atoms with E-state index in [0.29, 0.717) is 43.4 Å². The first-order valence-corrected chi connectivity index (χ1v) is 10.3. The maximum atomic E-state index is 13.5. The minimum Gasteiger partial charge on any atom is -0.491 e. The first kappa shape index (κ1) is 20.7. The molecule has 4 rings (SSSR count). The molecule has 0 aliphatic carbocycles. The molecule has 2 aromatic carbocycles. The molecular formula is C22H23ClN2O5. The maximum absolute atomic E-state index is 13.5. The molecule has 2 N–H and O–H groups in total. The highest BCUT2D eigenvalue weighted by Gasteiger charge is 2.34. The molecule has 8 heteroatoms. The van der Waals surface area contributed by atoms with Gasteiger partial charge in [0.15, 0.2) is 0 Å². The molecule has 158 valence electrons. The molecule has 0 radical (unpaired) electrons. The number of hydrogen-bond acceptors (Lipinski definition) is 5. The molecule has 2 amide bonds. The molecule has 1 unspecified atom stereocenters. The molecule has 2 heterocycles. The van der Waals surface area contributed by atoms with Crippen molar-refractivity contribution in [2.45, 2.75) is 25.4 Å². The smallest absolute Gasteiger partial charge is 0.274 e. The number of hydrogen-bond donors (Lipinski definition) is 2. The molecular weight excluding hydrogens is 408 g/mol. The SMILES string of the molecule is O=C(NO)c1ccc2c(c1)OCC(c1cccc(Cl)c1)N(C(=O)C1CCOCC1)C2. The number of hydroxylamine groups is 1. The number of benzene rings is 2. The predicted octanol–water partition coefficient (Wildman–Crippen LogP) is 3.35. The Labute approximate surface area is 179 Å². The van der Waals surface area contributed by atoms with E-state index in [-0.39, 0.29) is 30.0 Å². The molecule has 1 saturated heterocycles. The number of nitrogens with zero attached hydrogens (tertiary/aromatic N) is 1. The lowest BCUT2D eigenvalue weighted by atomic mass is 9.96. The van der Waals surface area contributed by atoms with Crippen LogP contribution in [-0.4, -0.2) is 41.7 Å². The van der Waals surface area contributed by atoms with Gasteiger partial charge < -0.3 is 14.4 Å². The van der Waals surface area contributed by atoms with E-state index in [2.05, 4.69) is 0 Å². The van der Waals surface area contributed by atoms with E-state index < -0.39 is 5.91 Å². The van der Waals surface area contributed by atoms with Gasteiger partial charge in [-0.3, -0.25) is 14.8 Å². The van der Waals surface area contributed by atoms with Crippen molar-refractivity contribution in [3.63, 3.8) is 0 Å². The van der Waals surface area contributed by atoms with Crippen LogP contribution in [0.1, 0.15) is 40.4 Å². The zero-order chi connectivity index (χ0) is 21.1. The summed E-state index contributed by atoms with van der Waals surface area (Å²) in [6.45, 7) is 1.74. The summed E-state index contributed by atoms with van der Waals surface area (Å²) < 4.78 is 11.5. The van der Waals surface area contributed by atoms with Crippen LogP contribution in [0, 0.1) is 5.92 Å². The van der Waals surface area contributed by atoms with Gasteiger partial charge in [0.05, 0.1) is 12.6 Å². The number of amides is 2. The summed E-state index contributed by atoms with van der Waals surface area (Å²) in [5.74, 6) is -0.129. The van der Waals surface area contributed by atoms with Crippen molar-refractivity contribution in [3.05, 3.63) is 64.2 Å². The Kier molecular flexibility index (Phi) is 6.22. The molecule has 0 aromatic heterocycles. The van der Waals surface area contributed by atoms with Gasteiger partial charge in [-0.05, 0) is 42.7 Å². The Bertz CT molecular complexity index is 945. The number of ether oxygens (including phenoxy) is 2. The number of carbonyl (C=O) groups is 2. The van der Waals surface area contributed by atoms with Gasteiger partial charge in [0.25, 0.3) is 5.91 Å². The van der Waals surface area contributed by atoms with Crippen molar-refractivity contribution < 1.29 is 24.3 Å². The fraction of sp³-hybridized carbons (Fsp3) is 0.364. The van der Waals surface area contributed by atoms with Crippen molar-refractivity contribution in [1.29, 1.82) is 0 Å². The third kappa shape index (κ3) is 4.28. The highest BCUT2D eigenvalue weighted by Crippen LogP contribution is 2.35. The summed E-state index contributed by atoms with van der Waals surface area (Å²) in [7, 11) is 0. The molecule has 0 spiro atoms. The Morgan fingerprint density at radius 2 is 1.93 bits per heavy atom. The minimum absolute atomic E-state index is 0.0666. The lowest BCUT2D eigenvalue weighted by molar-refractivity contribution is -0.142. The minimum atomic E-state index is -0.618. The van der Waals surface area contributed by atoms with E-state index in [9.17, 15) is 9.59 Å². The van der Waals surface area contributed by atoms with Crippen LogP contribution in [0.4, 0.5) is 0 Å². The van der Waals surface area contributed by atoms with Gasteiger partial charge in [0.2, 0.25) is 5.91 Å². The average Bonchev–Trinajstić information content (AvgIpc) is 2.98. The van der Waals surface area contributed by atoms with Crippen LogP contribution in [0.2, 0.25) is 5.02 Å². The molecule has 0 saturated carbocycles. The molecule has 1 fully saturated rings. The molecule has 0 bridgehead atoms. The monoisotopic (exact) mass is 430 g/mol. The quantitative estimate of drug-likeness (QED) is 0.576. The van der Waals surface area contributed by atoms with E-state index >= 15 is 0 Å². The van der Waals surface area contributed by atoms with E-state index in [1.807, 2.05) is 23.1 Å². The zero-order valence-electron chi connectivity index (χ0n) is 16.3. The van der Waals surface area contributed by atoms with Gasteiger partial charge in [-0.2, -0.15) is 0 Å². The van der Waals surface area contributed by atoms with Gasteiger partial charge in [-0.1, -0.05) is 29.8 Å². The first-order valence-electron chi connectivity index (χ1n) is 9.90. The van der Waals surface area contributed by atoms with E-state index in [1.165, 1.54) is 0 Å². The lowest BCUT2D eigenvalue weighted by Gasteiger charge is -2.34. The molecule has 1 atom stereocenters. The normalized spacial score (nSPS) is 19.4. The number of carbonyl (C=O) groups excluding carboxylic acids is 2. The standard InChI is InChI=1S/C22H23ClN2O5/c23-18-3-1-2-15(10-18)19-13-30-20-11-16(21(26)24-28)4-5-17(20)12-25(19)22(27)14-6-8-29-9-7-14/h1-5,10-11,14,19,28H,6-9,12-13H2,(H,24,26). The fourth-order valence-electron chi connectivity index (χ4n) is 3.98. The number of rotatable bonds is 3. The van der Waals surface area contributed by atoms with Crippen molar-refractivity contribution in [2.24, 2.45) is 5.92 Å². The van der Waals surface area contributed by atoms with Gasteiger partial charge in [-0.15, -0.1) is 0 Å². The van der Waals surface area contributed by atoms with Crippen LogP contribution in [0.15, 0.2) is 42.5 Å². The van der Waals surface area contributed by atoms with E-state index in [1.54, 1.807) is 29.7 Å². The number of nitrogens with one attached hydrogen (secondary N) is 1. The number of fused-ring (bicyclic) bond motifs is 1. The van der Waals surface area contributed by atoms with Gasteiger partial charge >= 0.3 is 0 Å². The second-order valence-electron chi connectivity index (χ2n) is 7.50. The highest BCUT2D eigenvalue weighted by atomic mass is 35.5. The van der Waals surface area contributed by atoms with Crippen LogP contribution in [0.5, 0.6) is 5.75 Å². The third-order valence-corrected chi connectivity index (χ3v) is 5.87. The van der Waals surface area contributed by atoms with Gasteiger partial charge in [0.1, 0.15) is 12.4 Å². The molecule has 2 aliphatic rings. The van der Waals surface area contributed by atoms with Crippen LogP contribution in [0.25, 0.3) is 0 Å². The topological polar surface area (TPSA) is 88.1 Å². The van der Waals surface area contributed by atoms with Crippen LogP contribution < -0.4 is 10.2 Å². The second kappa shape index (κ2) is 9.04. The van der Waals surface area contributed by atoms with E-state index in [0.717, 1.165) is 11.1 Å². The summed E-state index contributed by atoms with van der Waals surface area (Å²) in [6.07, 6.45) is 1.39. The maximum Gasteiger partial charge on any atom is 0.274 e. The van der Waals surface area contributed by atoms with Crippen LogP contribution >= 0.6 is 11.6 Å². The largest absolute Gasteiger partial charge is 0.491 e. The van der Waals surface area contributed by atoms with Crippen LogP contribution in [0.3, 0.4) is 0 Å². The van der Waals surface area contributed by atoms with Gasteiger partial charge in [0, 0.05) is 35.3 Å². The lowest BCUT2D eigenvalue weighted by Crippen LogP contribution is -2.41. The zero-order valence-corrected chi connectivity index (χ0v) is 17.1. The fourth-order valence-corrected chi connectivity index (χ4v) is 4.18. The third-order valence-electron chi connectivity index (χ3n) is 5.63. The van der Waals surface area contributed by atoms with Crippen molar-refractivity contribution in [1.82, 2.24) is 10.4 Å². The summed E-state index contributed by atoms with van der Waals surface area (Å²) in [5, 5.41) is 9.50. The molecule has 30 heavy (non-hydrogen) atoms. The van der Waals surface area contributed by atoms with Gasteiger partial charge in [-0.25, -0.2) is 5.48 Å². The average molecular weight is 431 g/mol. The van der Waals surface area contributed by atoms with Crippen LogP contribution in [-0.2, 0) is 16.1 Å². The summed E-state index contributed by atoms with van der Waals surface area (Å²) in [4.78, 5) is 27.1. The Balaban J connectivity index is 1.69. The first-order chi connectivity index (χ1) is 14.6. The summed E-state index contributed by atoms with van der Waals surface area (Å²) in [5.41, 5.74) is 3.60. The van der Waals surface area contributed by atoms with Crippen molar-refractivity contribution >= 4 is 23.4 Å². The summed E-state index contributed by atoms with van der Waals surface area (Å²) in [6, 6.07) is 12.1. The molecule has 2 aliphatic heterocycles. The number of halogens is 1. The Morgan fingerprint density at radius 1 is 1.13 bits per heavy atom. The predicted molar refractivity (Wildman–Crippen MR) is 109 cm³/mol. The highest BCUT2D eigenvalue weighted by molar-refractivity contribution is 6.30.